The monoisotopic (exact) mass is 390 g/mol. The van der Waals surface area contributed by atoms with Crippen LogP contribution in [0.5, 0.6) is 0 Å². The van der Waals surface area contributed by atoms with Crippen LogP contribution in [-0.2, 0) is 12.8 Å². The number of hydrogen-bond acceptors (Lipinski definition) is 7. The Morgan fingerprint density at radius 3 is 2.61 bits per heavy atom. The van der Waals surface area contributed by atoms with E-state index in [9.17, 15) is 4.79 Å². The van der Waals surface area contributed by atoms with E-state index in [0.29, 0.717) is 27.9 Å². The fraction of sp³-hybridized carbons (Fsp3) is 0.111. The number of nitrogens with zero attached hydrogens (tertiary/aromatic N) is 8. The lowest BCUT2D eigenvalue weighted by Gasteiger charge is -2.07. The fourth-order valence-corrected chi connectivity index (χ4v) is 3.95. The normalized spacial score (nSPS) is 11.5. The van der Waals surface area contributed by atoms with Crippen LogP contribution in [0.15, 0.2) is 64.5 Å². The molecule has 0 radical (unpaired) electrons. The molecule has 9 nitrogen and oxygen atoms in total. The second-order valence-electron chi connectivity index (χ2n) is 6.13. The molecule has 0 spiro atoms. The van der Waals surface area contributed by atoms with E-state index in [1.54, 1.807) is 11.7 Å². The molecule has 0 unspecified atom stereocenters. The van der Waals surface area contributed by atoms with Crippen molar-refractivity contribution in [2.45, 2.75) is 10.9 Å². The molecule has 0 fully saturated rings. The molecular formula is C18H14N8OS. The van der Waals surface area contributed by atoms with Crippen LogP contribution in [0.3, 0.4) is 0 Å². The first kappa shape index (κ1) is 16.6. The quantitative estimate of drug-likeness (QED) is 0.432. The van der Waals surface area contributed by atoms with Crippen LogP contribution >= 0.6 is 11.8 Å². The van der Waals surface area contributed by atoms with E-state index >= 15 is 0 Å². The maximum atomic E-state index is 12.5. The standard InChI is InChI=1S/C18H14N8OS/c1-24-16(27)13-9-5-6-10-14(13)25-17(24)20-21-18(25)28-11-15-19-22-23-26(15)12-7-3-2-4-8-12/h2-10H,11H2,1H3. The Morgan fingerprint density at radius 1 is 0.964 bits per heavy atom. The number of hydrogen-bond donors (Lipinski definition) is 0. The summed E-state index contributed by atoms with van der Waals surface area (Å²) >= 11 is 1.46. The van der Waals surface area contributed by atoms with Gasteiger partial charge in [0.15, 0.2) is 11.0 Å². The Hall–Kier alpha value is -3.53. The number of benzene rings is 2. The first-order valence-electron chi connectivity index (χ1n) is 8.52. The average molecular weight is 390 g/mol. The van der Waals surface area contributed by atoms with Crippen LogP contribution in [0.1, 0.15) is 5.82 Å². The van der Waals surface area contributed by atoms with Gasteiger partial charge in [0.1, 0.15) is 0 Å². The smallest absolute Gasteiger partial charge is 0.262 e. The van der Waals surface area contributed by atoms with Gasteiger partial charge >= 0.3 is 0 Å². The Labute approximate surface area is 162 Å². The molecule has 0 aliphatic carbocycles. The molecule has 0 bridgehead atoms. The molecular weight excluding hydrogens is 376 g/mol. The summed E-state index contributed by atoms with van der Waals surface area (Å²) in [6, 6.07) is 17.2. The highest BCUT2D eigenvalue weighted by molar-refractivity contribution is 7.98. The minimum atomic E-state index is -0.0972. The Kier molecular flexibility index (Phi) is 3.90. The molecule has 0 N–H and O–H groups in total. The summed E-state index contributed by atoms with van der Waals surface area (Å²) in [5.41, 5.74) is 1.57. The van der Waals surface area contributed by atoms with E-state index in [1.165, 1.54) is 16.3 Å². The van der Waals surface area contributed by atoms with Crippen LogP contribution in [0, 0.1) is 0 Å². The molecule has 3 heterocycles. The average Bonchev–Trinajstić information content (AvgIpc) is 3.38. The lowest BCUT2D eigenvalue weighted by atomic mass is 10.2. The van der Waals surface area contributed by atoms with Crippen molar-refractivity contribution in [2.24, 2.45) is 7.05 Å². The van der Waals surface area contributed by atoms with Gasteiger partial charge in [-0.05, 0) is 34.7 Å². The van der Waals surface area contributed by atoms with Gasteiger partial charge in [-0.3, -0.25) is 13.8 Å². The van der Waals surface area contributed by atoms with Gasteiger partial charge in [0.25, 0.3) is 5.56 Å². The molecule has 0 aliphatic rings. The van der Waals surface area contributed by atoms with E-state index < -0.39 is 0 Å². The number of aryl methyl sites for hydroxylation is 1. The van der Waals surface area contributed by atoms with Crippen LogP contribution in [0.25, 0.3) is 22.4 Å². The van der Waals surface area contributed by atoms with Gasteiger partial charge in [0.05, 0.1) is 22.3 Å². The van der Waals surface area contributed by atoms with Crippen LogP contribution < -0.4 is 5.56 Å². The highest BCUT2D eigenvalue weighted by atomic mass is 32.2. The van der Waals surface area contributed by atoms with E-state index in [0.717, 1.165) is 11.2 Å². The van der Waals surface area contributed by atoms with Gasteiger partial charge in [-0.25, -0.2) is 0 Å². The van der Waals surface area contributed by atoms with Crippen molar-refractivity contribution < 1.29 is 0 Å². The largest absolute Gasteiger partial charge is 0.279 e. The topological polar surface area (TPSA) is 95.8 Å². The van der Waals surface area contributed by atoms with Crippen LogP contribution in [0.4, 0.5) is 0 Å². The molecule has 0 saturated carbocycles. The molecule has 138 valence electrons. The predicted molar refractivity (Wildman–Crippen MR) is 104 cm³/mol. The highest BCUT2D eigenvalue weighted by Crippen LogP contribution is 2.24. The summed E-state index contributed by atoms with van der Waals surface area (Å²) in [4.78, 5) is 12.5. The molecule has 0 aliphatic heterocycles. The minimum Gasteiger partial charge on any atom is -0.279 e. The second kappa shape index (κ2) is 6.57. The number of aromatic nitrogens is 8. The third-order valence-corrected chi connectivity index (χ3v) is 5.39. The predicted octanol–water partition coefficient (Wildman–Crippen LogP) is 1.85. The fourth-order valence-electron chi connectivity index (χ4n) is 3.10. The van der Waals surface area contributed by atoms with E-state index in [4.69, 9.17) is 0 Å². The van der Waals surface area contributed by atoms with Crippen molar-refractivity contribution >= 4 is 28.4 Å². The summed E-state index contributed by atoms with van der Waals surface area (Å²) in [5, 5.41) is 21.8. The van der Waals surface area contributed by atoms with Crippen molar-refractivity contribution in [3.8, 4) is 5.69 Å². The number of thioether (sulfide) groups is 1. The van der Waals surface area contributed by atoms with E-state index in [-0.39, 0.29) is 5.56 Å². The third-order valence-electron chi connectivity index (χ3n) is 4.46. The molecule has 0 atom stereocenters. The summed E-state index contributed by atoms with van der Waals surface area (Å²) in [6.07, 6.45) is 0. The Bertz CT molecular complexity index is 1350. The zero-order chi connectivity index (χ0) is 19.1. The summed E-state index contributed by atoms with van der Waals surface area (Å²) in [5.74, 6) is 1.69. The lowest BCUT2D eigenvalue weighted by Crippen LogP contribution is -2.20. The summed E-state index contributed by atoms with van der Waals surface area (Å²) in [7, 11) is 1.70. The second-order valence-corrected chi connectivity index (χ2v) is 7.07. The summed E-state index contributed by atoms with van der Waals surface area (Å²) in [6.45, 7) is 0. The molecule has 2 aromatic carbocycles. The number of para-hydroxylation sites is 2. The van der Waals surface area contributed by atoms with Gasteiger partial charge in [-0.2, -0.15) is 4.68 Å². The number of tetrazole rings is 1. The first-order chi connectivity index (χ1) is 13.7. The van der Waals surface area contributed by atoms with Crippen molar-refractivity contribution in [3.63, 3.8) is 0 Å². The Morgan fingerprint density at radius 2 is 1.75 bits per heavy atom. The van der Waals surface area contributed by atoms with Crippen molar-refractivity contribution in [1.82, 2.24) is 39.4 Å². The molecule has 0 saturated heterocycles. The van der Waals surface area contributed by atoms with E-state index in [1.807, 2.05) is 59.0 Å². The van der Waals surface area contributed by atoms with Gasteiger partial charge in [0.2, 0.25) is 5.78 Å². The third kappa shape index (κ3) is 2.57. The zero-order valence-corrected chi connectivity index (χ0v) is 15.6. The lowest BCUT2D eigenvalue weighted by molar-refractivity contribution is 0.777. The summed E-state index contributed by atoms with van der Waals surface area (Å²) < 4.78 is 5.09. The van der Waals surface area contributed by atoms with Crippen LogP contribution in [0.2, 0.25) is 0 Å². The highest BCUT2D eigenvalue weighted by Gasteiger charge is 2.16. The first-order valence-corrected chi connectivity index (χ1v) is 9.51. The minimum absolute atomic E-state index is 0.0972. The SMILES string of the molecule is Cn1c(=O)c2ccccc2n2c(SCc3nnnn3-c3ccccc3)nnc12. The van der Waals surface area contributed by atoms with Crippen molar-refractivity contribution in [2.75, 3.05) is 0 Å². The maximum Gasteiger partial charge on any atom is 0.262 e. The van der Waals surface area contributed by atoms with Gasteiger partial charge < -0.3 is 0 Å². The maximum absolute atomic E-state index is 12.5. The van der Waals surface area contributed by atoms with Gasteiger partial charge in [-0.1, -0.05) is 42.1 Å². The molecule has 0 amide bonds. The van der Waals surface area contributed by atoms with Crippen LogP contribution in [-0.4, -0.2) is 39.4 Å². The van der Waals surface area contributed by atoms with Gasteiger partial charge in [-0.15, -0.1) is 15.3 Å². The number of fused-ring (bicyclic) bond motifs is 3. The molecule has 10 heteroatoms. The van der Waals surface area contributed by atoms with Crippen molar-refractivity contribution in [3.05, 3.63) is 70.8 Å². The molecule has 5 rings (SSSR count). The molecule has 5 aromatic rings. The van der Waals surface area contributed by atoms with E-state index in [2.05, 4.69) is 25.7 Å². The number of rotatable bonds is 4. The Balaban J connectivity index is 1.56. The molecule has 28 heavy (non-hydrogen) atoms. The molecule has 3 aromatic heterocycles. The van der Waals surface area contributed by atoms with Gasteiger partial charge in [0, 0.05) is 7.05 Å². The van der Waals surface area contributed by atoms with Crippen molar-refractivity contribution in [1.29, 1.82) is 0 Å². The zero-order valence-electron chi connectivity index (χ0n) is 14.8.